The summed E-state index contributed by atoms with van der Waals surface area (Å²) in [7, 11) is 0. The molecule has 0 aliphatic rings. The first-order valence-electron chi connectivity index (χ1n) is 5.26. The Labute approximate surface area is 112 Å². The minimum Gasteiger partial charge on any atom is -0.480 e. The lowest BCUT2D eigenvalue weighted by atomic mass is 10.2. The van der Waals surface area contributed by atoms with Gasteiger partial charge in [-0.1, -0.05) is 6.07 Å². The zero-order valence-electron chi connectivity index (χ0n) is 9.94. The average molecular weight is 275 g/mol. The summed E-state index contributed by atoms with van der Waals surface area (Å²) >= 11 is 1.16. The van der Waals surface area contributed by atoms with Crippen molar-refractivity contribution in [2.75, 3.05) is 0 Å². The maximum absolute atomic E-state index is 10.7. The molecule has 96 valence electrons. The SMILES string of the molecule is Cc1ccc(Sc2nnnn2CC(=O)O)c(C#N)c1. The number of rotatable bonds is 4. The van der Waals surface area contributed by atoms with Crippen molar-refractivity contribution in [1.82, 2.24) is 20.2 Å². The van der Waals surface area contributed by atoms with Crippen molar-refractivity contribution in [3.05, 3.63) is 29.3 Å². The summed E-state index contributed by atoms with van der Waals surface area (Å²) in [6, 6.07) is 7.51. The third kappa shape index (κ3) is 3.08. The summed E-state index contributed by atoms with van der Waals surface area (Å²) in [5.41, 5.74) is 1.49. The van der Waals surface area contributed by atoms with Gasteiger partial charge < -0.3 is 5.11 Å². The molecule has 1 aromatic carbocycles. The molecule has 0 saturated carbocycles. The second-order valence-corrected chi connectivity index (χ2v) is 4.74. The summed E-state index contributed by atoms with van der Waals surface area (Å²) in [6.45, 7) is 1.58. The first-order chi connectivity index (χ1) is 9.10. The van der Waals surface area contributed by atoms with Gasteiger partial charge >= 0.3 is 5.97 Å². The molecule has 0 aliphatic carbocycles. The van der Waals surface area contributed by atoms with Crippen LogP contribution in [-0.4, -0.2) is 31.3 Å². The number of hydrogen-bond acceptors (Lipinski definition) is 6. The molecule has 1 heterocycles. The Morgan fingerprint density at radius 2 is 2.37 bits per heavy atom. The molecule has 0 atom stereocenters. The quantitative estimate of drug-likeness (QED) is 0.890. The Morgan fingerprint density at radius 1 is 1.58 bits per heavy atom. The molecule has 0 fully saturated rings. The minimum atomic E-state index is -1.03. The van der Waals surface area contributed by atoms with Crippen LogP contribution in [0.2, 0.25) is 0 Å². The number of nitriles is 1. The smallest absolute Gasteiger partial charge is 0.325 e. The number of carboxylic acid groups (broad SMARTS) is 1. The Hall–Kier alpha value is -2.40. The molecular formula is C11H9N5O2S. The first-order valence-corrected chi connectivity index (χ1v) is 6.08. The molecule has 2 rings (SSSR count). The summed E-state index contributed by atoms with van der Waals surface area (Å²) in [5, 5.41) is 28.9. The van der Waals surface area contributed by atoms with Crippen molar-refractivity contribution >= 4 is 17.7 Å². The molecule has 0 unspecified atom stereocenters. The van der Waals surface area contributed by atoms with Crippen molar-refractivity contribution in [3.8, 4) is 6.07 Å². The van der Waals surface area contributed by atoms with Crippen LogP contribution in [0.3, 0.4) is 0 Å². The number of carboxylic acids is 1. The highest BCUT2D eigenvalue weighted by Crippen LogP contribution is 2.28. The molecule has 0 saturated heterocycles. The topological polar surface area (TPSA) is 105 Å². The molecule has 0 bridgehead atoms. The molecule has 0 radical (unpaired) electrons. The lowest BCUT2D eigenvalue weighted by Gasteiger charge is -2.04. The van der Waals surface area contributed by atoms with Crippen LogP contribution in [0.1, 0.15) is 11.1 Å². The summed E-state index contributed by atoms with van der Waals surface area (Å²) in [5.74, 6) is -1.03. The second-order valence-electron chi connectivity index (χ2n) is 3.73. The fraction of sp³-hybridized carbons (Fsp3) is 0.182. The number of tetrazole rings is 1. The largest absolute Gasteiger partial charge is 0.480 e. The molecule has 1 N–H and O–H groups in total. The van der Waals surface area contributed by atoms with Gasteiger partial charge in [0.15, 0.2) is 0 Å². The standard InChI is InChI=1S/C11H9N5O2S/c1-7-2-3-9(8(4-7)5-12)19-11-13-14-15-16(11)6-10(17)18/h2-4H,6H2,1H3,(H,17,18). The zero-order chi connectivity index (χ0) is 13.8. The number of benzene rings is 1. The van der Waals surface area contributed by atoms with Crippen molar-refractivity contribution < 1.29 is 9.90 Å². The van der Waals surface area contributed by atoms with E-state index in [2.05, 4.69) is 21.6 Å². The van der Waals surface area contributed by atoms with E-state index in [1.165, 1.54) is 4.68 Å². The zero-order valence-corrected chi connectivity index (χ0v) is 10.8. The predicted molar refractivity (Wildman–Crippen MR) is 65.5 cm³/mol. The van der Waals surface area contributed by atoms with Crippen molar-refractivity contribution in [1.29, 1.82) is 5.26 Å². The van der Waals surface area contributed by atoms with Gasteiger partial charge in [-0.25, -0.2) is 4.68 Å². The van der Waals surface area contributed by atoms with E-state index in [0.29, 0.717) is 15.6 Å². The van der Waals surface area contributed by atoms with Gasteiger partial charge in [-0.05, 0) is 46.8 Å². The van der Waals surface area contributed by atoms with Gasteiger partial charge in [0.2, 0.25) is 5.16 Å². The van der Waals surface area contributed by atoms with E-state index < -0.39 is 5.97 Å². The number of aliphatic carboxylic acids is 1. The van der Waals surface area contributed by atoms with E-state index in [4.69, 9.17) is 10.4 Å². The molecule has 1 aromatic heterocycles. The molecule has 2 aromatic rings. The third-order valence-corrected chi connectivity index (χ3v) is 3.29. The Balaban J connectivity index is 2.29. The predicted octanol–water partition coefficient (Wildman–Crippen LogP) is 1.09. The molecule has 19 heavy (non-hydrogen) atoms. The fourth-order valence-electron chi connectivity index (χ4n) is 1.42. The van der Waals surface area contributed by atoms with Crippen LogP contribution in [0, 0.1) is 18.3 Å². The Morgan fingerprint density at radius 3 is 3.05 bits per heavy atom. The maximum Gasteiger partial charge on any atom is 0.325 e. The minimum absolute atomic E-state index is 0.316. The van der Waals surface area contributed by atoms with Gasteiger partial charge in [0.25, 0.3) is 0 Å². The van der Waals surface area contributed by atoms with Crippen molar-refractivity contribution in [2.24, 2.45) is 0 Å². The molecular weight excluding hydrogens is 266 g/mol. The van der Waals surface area contributed by atoms with Gasteiger partial charge in [-0.3, -0.25) is 4.79 Å². The summed E-state index contributed by atoms with van der Waals surface area (Å²) in [6.07, 6.45) is 0. The molecule has 7 nitrogen and oxygen atoms in total. The normalized spacial score (nSPS) is 10.1. The Kier molecular flexibility index (Phi) is 3.77. The highest BCUT2D eigenvalue weighted by molar-refractivity contribution is 7.99. The van der Waals surface area contributed by atoms with Gasteiger partial charge in [-0.15, -0.1) is 5.10 Å². The molecule has 0 aliphatic heterocycles. The van der Waals surface area contributed by atoms with Crippen LogP contribution in [0.5, 0.6) is 0 Å². The van der Waals surface area contributed by atoms with E-state index >= 15 is 0 Å². The van der Waals surface area contributed by atoms with Crippen LogP contribution in [0.15, 0.2) is 28.3 Å². The first kappa shape index (κ1) is 13.0. The van der Waals surface area contributed by atoms with E-state index in [1.54, 1.807) is 12.1 Å². The van der Waals surface area contributed by atoms with E-state index in [1.807, 2.05) is 13.0 Å². The van der Waals surface area contributed by atoms with Crippen molar-refractivity contribution in [2.45, 2.75) is 23.5 Å². The number of aryl methyl sites for hydroxylation is 1. The molecule has 0 amide bonds. The molecule has 8 heteroatoms. The maximum atomic E-state index is 10.7. The highest BCUT2D eigenvalue weighted by Gasteiger charge is 2.13. The highest BCUT2D eigenvalue weighted by atomic mass is 32.2. The van der Waals surface area contributed by atoms with Crippen LogP contribution >= 0.6 is 11.8 Å². The van der Waals surface area contributed by atoms with Gasteiger partial charge in [0, 0.05) is 4.90 Å². The monoisotopic (exact) mass is 275 g/mol. The fourth-order valence-corrected chi connectivity index (χ4v) is 2.25. The van der Waals surface area contributed by atoms with Crippen LogP contribution < -0.4 is 0 Å². The third-order valence-electron chi connectivity index (χ3n) is 2.24. The number of carbonyl (C=O) groups is 1. The van der Waals surface area contributed by atoms with E-state index in [-0.39, 0.29) is 6.54 Å². The average Bonchev–Trinajstić information content (AvgIpc) is 2.78. The van der Waals surface area contributed by atoms with Crippen LogP contribution in [0.4, 0.5) is 0 Å². The summed E-state index contributed by atoms with van der Waals surface area (Å²) < 4.78 is 1.17. The lowest BCUT2D eigenvalue weighted by molar-refractivity contribution is -0.138. The van der Waals surface area contributed by atoms with E-state index in [9.17, 15) is 4.79 Å². The summed E-state index contributed by atoms with van der Waals surface area (Å²) in [4.78, 5) is 11.4. The number of aromatic nitrogens is 4. The van der Waals surface area contributed by atoms with Crippen molar-refractivity contribution in [3.63, 3.8) is 0 Å². The van der Waals surface area contributed by atoms with Crippen LogP contribution in [-0.2, 0) is 11.3 Å². The molecule has 0 spiro atoms. The van der Waals surface area contributed by atoms with Gasteiger partial charge in [-0.2, -0.15) is 5.26 Å². The van der Waals surface area contributed by atoms with Gasteiger partial charge in [0.1, 0.15) is 12.6 Å². The number of nitrogens with zero attached hydrogens (tertiary/aromatic N) is 5. The second kappa shape index (κ2) is 5.49. The number of hydrogen-bond donors (Lipinski definition) is 1. The van der Waals surface area contributed by atoms with Crippen LogP contribution in [0.25, 0.3) is 0 Å². The van der Waals surface area contributed by atoms with Gasteiger partial charge in [0.05, 0.1) is 5.56 Å². The lowest BCUT2D eigenvalue weighted by Crippen LogP contribution is -2.11. The Bertz CT molecular complexity index is 661. The van der Waals surface area contributed by atoms with E-state index in [0.717, 1.165) is 17.3 Å².